The average Bonchev–Trinajstić information content (AvgIpc) is 2.95. The van der Waals surface area contributed by atoms with Gasteiger partial charge in [-0.15, -0.1) is 0 Å². The largest absolute Gasteiger partial charge is 0.448 e. The summed E-state index contributed by atoms with van der Waals surface area (Å²) in [5.74, 6) is 0.499. The number of piperidine rings is 1. The highest BCUT2D eigenvalue weighted by molar-refractivity contribution is 5.92. The van der Waals surface area contributed by atoms with E-state index in [4.69, 9.17) is 4.42 Å². The number of aryl methyl sites for hydroxylation is 1. The van der Waals surface area contributed by atoms with Crippen molar-refractivity contribution in [3.05, 3.63) is 17.8 Å². The number of amides is 1. The number of aliphatic hydroxyl groups is 1. The van der Waals surface area contributed by atoms with Crippen LogP contribution in [-0.2, 0) is 6.42 Å². The smallest absolute Gasteiger partial charge is 0.275 e. The van der Waals surface area contributed by atoms with Crippen LogP contribution in [0.5, 0.6) is 0 Å². The van der Waals surface area contributed by atoms with Crippen LogP contribution >= 0.6 is 0 Å². The monoisotopic (exact) mass is 266 g/mol. The van der Waals surface area contributed by atoms with Crippen molar-refractivity contribution < 1.29 is 14.3 Å². The van der Waals surface area contributed by atoms with Crippen molar-refractivity contribution in [1.29, 1.82) is 0 Å². The Kier molecular flexibility index (Phi) is 4.24. The quantitative estimate of drug-likeness (QED) is 0.903. The molecule has 2 rings (SSSR count). The standard InChI is InChI=1S/C14H22N2O3/c1-3-12-15-11(8-19-12)13(18)16-7-5-6-14(4-2,9-16)10-17/h8,17H,3-7,9-10H2,1-2H3. The van der Waals surface area contributed by atoms with Gasteiger partial charge in [0.05, 0.1) is 6.61 Å². The van der Waals surface area contributed by atoms with E-state index < -0.39 is 0 Å². The molecule has 1 atom stereocenters. The second kappa shape index (κ2) is 5.74. The molecular weight excluding hydrogens is 244 g/mol. The maximum absolute atomic E-state index is 12.4. The SMILES string of the molecule is CCc1nc(C(=O)N2CCCC(CC)(CO)C2)co1. The Labute approximate surface area is 113 Å². The maximum Gasteiger partial charge on any atom is 0.275 e. The van der Waals surface area contributed by atoms with Gasteiger partial charge < -0.3 is 14.4 Å². The first kappa shape index (κ1) is 14.1. The van der Waals surface area contributed by atoms with Gasteiger partial charge in [-0.1, -0.05) is 13.8 Å². The molecule has 5 heteroatoms. The molecule has 0 aliphatic carbocycles. The zero-order valence-electron chi connectivity index (χ0n) is 11.7. The number of hydrogen-bond donors (Lipinski definition) is 1. The third-order valence-corrected chi connectivity index (χ3v) is 4.11. The van der Waals surface area contributed by atoms with E-state index in [9.17, 15) is 9.90 Å². The molecule has 1 N–H and O–H groups in total. The minimum absolute atomic E-state index is 0.0885. The molecule has 1 aromatic heterocycles. The minimum atomic E-state index is -0.148. The number of oxazole rings is 1. The van der Waals surface area contributed by atoms with Gasteiger partial charge in [0.2, 0.25) is 0 Å². The van der Waals surface area contributed by atoms with E-state index in [2.05, 4.69) is 11.9 Å². The lowest BCUT2D eigenvalue weighted by molar-refractivity contribution is 0.0248. The van der Waals surface area contributed by atoms with Crippen LogP contribution in [0, 0.1) is 5.41 Å². The molecule has 0 aromatic carbocycles. The summed E-state index contributed by atoms with van der Waals surface area (Å²) >= 11 is 0. The van der Waals surface area contributed by atoms with Crippen molar-refractivity contribution in [2.24, 2.45) is 5.41 Å². The van der Waals surface area contributed by atoms with E-state index in [1.807, 2.05) is 6.92 Å². The molecule has 1 fully saturated rings. The lowest BCUT2D eigenvalue weighted by Crippen LogP contribution is -2.47. The van der Waals surface area contributed by atoms with Gasteiger partial charge in [0.1, 0.15) is 6.26 Å². The number of hydrogen-bond acceptors (Lipinski definition) is 4. The van der Waals surface area contributed by atoms with Crippen LogP contribution in [0.3, 0.4) is 0 Å². The molecule has 0 saturated carbocycles. The summed E-state index contributed by atoms with van der Waals surface area (Å²) in [7, 11) is 0. The van der Waals surface area contributed by atoms with Crippen LogP contribution in [-0.4, -0.2) is 40.6 Å². The van der Waals surface area contributed by atoms with E-state index in [1.165, 1.54) is 6.26 Å². The molecule has 0 spiro atoms. The molecule has 1 saturated heterocycles. The van der Waals surface area contributed by atoms with Crippen molar-refractivity contribution in [2.75, 3.05) is 19.7 Å². The zero-order valence-corrected chi connectivity index (χ0v) is 11.7. The van der Waals surface area contributed by atoms with Crippen molar-refractivity contribution in [3.8, 4) is 0 Å². The van der Waals surface area contributed by atoms with Gasteiger partial charge in [-0.25, -0.2) is 4.98 Å². The molecule has 1 aliphatic rings. The zero-order chi connectivity index (χ0) is 13.9. The predicted molar refractivity (Wildman–Crippen MR) is 70.8 cm³/mol. The molecule has 19 heavy (non-hydrogen) atoms. The summed E-state index contributed by atoms with van der Waals surface area (Å²) in [4.78, 5) is 18.3. The van der Waals surface area contributed by atoms with E-state index >= 15 is 0 Å². The van der Waals surface area contributed by atoms with E-state index in [-0.39, 0.29) is 17.9 Å². The Hall–Kier alpha value is -1.36. The summed E-state index contributed by atoms with van der Waals surface area (Å²) in [6, 6.07) is 0. The van der Waals surface area contributed by atoms with E-state index in [0.29, 0.717) is 24.6 Å². The molecule has 0 radical (unpaired) electrons. The summed E-state index contributed by atoms with van der Waals surface area (Å²) in [6.45, 7) is 5.47. The highest BCUT2D eigenvalue weighted by Crippen LogP contribution is 2.33. The van der Waals surface area contributed by atoms with Crippen molar-refractivity contribution in [2.45, 2.75) is 39.5 Å². The number of nitrogens with zero attached hydrogens (tertiary/aromatic N) is 2. The van der Waals surface area contributed by atoms with Crippen LogP contribution in [0.1, 0.15) is 49.5 Å². The summed E-state index contributed by atoms with van der Waals surface area (Å²) in [5, 5.41) is 9.58. The molecule has 106 valence electrons. The number of aromatic nitrogens is 1. The molecule has 1 aromatic rings. The van der Waals surface area contributed by atoms with Crippen LogP contribution in [0.2, 0.25) is 0 Å². The highest BCUT2D eigenvalue weighted by atomic mass is 16.3. The molecule has 2 heterocycles. The van der Waals surface area contributed by atoms with Gasteiger partial charge in [0, 0.05) is 24.9 Å². The van der Waals surface area contributed by atoms with Gasteiger partial charge in [-0.05, 0) is 19.3 Å². The number of rotatable bonds is 4. The summed E-state index contributed by atoms with van der Waals surface area (Å²) in [5.41, 5.74) is 0.229. The molecule has 0 bridgehead atoms. The average molecular weight is 266 g/mol. The first-order chi connectivity index (χ1) is 9.14. The van der Waals surface area contributed by atoms with Crippen LogP contribution in [0.25, 0.3) is 0 Å². The minimum Gasteiger partial charge on any atom is -0.448 e. The maximum atomic E-state index is 12.4. The molecule has 1 aliphatic heterocycles. The van der Waals surface area contributed by atoms with Gasteiger partial charge in [0.15, 0.2) is 11.6 Å². The molecular formula is C14H22N2O3. The topological polar surface area (TPSA) is 66.6 Å². The van der Waals surface area contributed by atoms with Gasteiger partial charge in [-0.2, -0.15) is 0 Å². The van der Waals surface area contributed by atoms with Gasteiger partial charge in [0.25, 0.3) is 5.91 Å². The number of likely N-dealkylation sites (tertiary alicyclic amines) is 1. The first-order valence-corrected chi connectivity index (χ1v) is 6.98. The highest BCUT2D eigenvalue weighted by Gasteiger charge is 2.36. The van der Waals surface area contributed by atoms with Gasteiger partial charge >= 0.3 is 0 Å². The Morgan fingerprint density at radius 2 is 2.37 bits per heavy atom. The van der Waals surface area contributed by atoms with Crippen molar-refractivity contribution in [1.82, 2.24) is 9.88 Å². The van der Waals surface area contributed by atoms with Gasteiger partial charge in [-0.3, -0.25) is 4.79 Å². The fourth-order valence-corrected chi connectivity index (χ4v) is 2.64. The fraction of sp³-hybridized carbons (Fsp3) is 0.714. The lowest BCUT2D eigenvalue weighted by atomic mass is 9.78. The Morgan fingerprint density at radius 1 is 1.58 bits per heavy atom. The van der Waals surface area contributed by atoms with E-state index in [1.54, 1.807) is 4.90 Å². The van der Waals surface area contributed by atoms with Crippen molar-refractivity contribution >= 4 is 5.91 Å². The lowest BCUT2D eigenvalue weighted by Gasteiger charge is -2.41. The fourth-order valence-electron chi connectivity index (χ4n) is 2.64. The van der Waals surface area contributed by atoms with Crippen LogP contribution < -0.4 is 0 Å². The van der Waals surface area contributed by atoms with E-state index in [0.717, 1.165) is 25.8 Å². The van der Waals surface area contributed by atoms with Crippen LogP contribution in [0.15, 0.2) is 10.7 Å². The van der Waals surface area contributed by atoms with Crippen molar-refractivity contribution in [3.63, 3.8) is 0 Å². The Morgan fingerprint density at radius 3 is 2.95 bits per heavy atom. The third-order valence-electron chi connectivity index (χ3n) is 4.11. The predicted octanol–water partition coefficient (Wildman–Crippen LogP) is 1.86. The molecule has 5 nitrogen and oxygen atoms in total. The molecule has 1 unspecified atom stereocenters. The number of carbonyl (C=O) groups excluding carboxylic acids is 1. The second-order valence-electron chi connectivity index (χ2n) is 5.32. The second-order valence-corrected chi connectivity index (χ2v) is 5.32. The summed E-state index contributed by atoms with van der Waals surface area (Å²) < 4.78 is 5.22. The van der Waals surface area contributed by atoms with Crippen LogP contribution in [0.4, 0.5) is 0 Å². The Bertz CT molecular complexity index is 438. The summed E-state index contributed by atoms with van der Waals surface area (Å²) in [6.07, 6.45) is 4.90. The Balaban J connectivity index is 2.10. The normalized spacial score (nSPS) is 23.6. The first-order valence-electron chi connectivity index (χ1n) is 6.98. The third kappa shape index (κ3) is 2.81. The number of carbonyl (C=O) groups is 1. The number of aliphatic hydroxyl groups excluding tert-OH is 1. The molecule has 1 amide bonds.